The Morgan fingerprint density at radius 1 is 0.962 bits per heavy atom. The van der Waals surface area contributed by atoms with Gasteiger partial charge in [0.15, 0.2) is 14.9 Å². The molecule has 0 atom stereocenters. The van der Waals surface area contributed by atoms with Gasteiger partial charge in [0.25, 0.3) is 0 Å². The second kappa shape index (κ2) is 6.23. The minimum atomic E-state index is -3.27. The number of sulfone groups is 1. The molecule has 0 unspecified atom stereocenters. The van der Waals surface area contributed by atoms with Crippen molar-refractivity contribution in [1.82, 2.24) is 4.98 Å². The molecule has 2 aliphatic rings. The monoisotopic (exact) mass is 369 g/mol. The van der Waals surface area contributed by atoms with E-state index in [2.05, 4.69) is 17.1 Å². The van der Waals surface area contributed by atoms with Gasteiger partial charge in [0.1, 0.15) is 5.75 Å². The second-order valence-electron chi connectivity index (χ2n) is 7.55. The molecule has 1 saturated carbocycles. The van der Waals surface area contributed by atoms with E-state index in [1.54, 1.807) is 19.4 Å². The number of rotatable bonds is 4. The molecule has 0 amide bonds. The van der Waals surface area contributed by atoms with Crippen LogP contribution in [0.4, 0.5) is 0 Å². The molecular weight excluding hydrogens is 346 g/mol. The Kier molecular flexibility index (Phi) is 4.14. The van der Waals surface area contributed by atoms with Crippen LogP contribution in [0.25, 0.3) is 11.1 Å². The maximum atomic E-state index is 11.7. The summed E-state index contributed by atoms with van der Waals surface area (Å²) in [4.78, 5) is 4.20. The molecule has 2 aromatic rings. The lowest BCUT2D eigenvalue weighted by molar-refractivity contribution is 0.157. The first-order chi connectivity index (χ1) is 12.4. The molecule has 26 heavy (non-hydrogen) atoms. The van der Waals surface area contributed by atoms with E-state index in [9.17, 15) is 8.42 Å². The van der Waals surface area contributed by atoms with Crippen LogP contribution in [0.15, 0.2) is 47.6 Å². The summed E-state index contributed by atoms with van der Waals surface area (Å²) in [7, 11) is -1.60. The zero-order valence-electron chi connectivity index (χ0n) is 15.2. The molecule has 0 bridgehead atoms. The molecule has 0 N–H and O–H groups in total. The SMILES string of the molecule is COc1ccc(C2=C(c3ccc(S(C)(=O)=O)nc3)CC3(CCC3)C2)cc1. The normalized spacial score (nSPS) is 18.8. The van der Waals surface area contributed by atoms with Gasteiger partial charge in [-0.2, -0.15) is 0 Å². The summed E-state index contributed by atoms with van der Waals surface area (Å²) in [6.45, 7) is 0. The van der Waals surface area contributed by atoms with Gasteiger partial charge in [-0.25, -0.2) is 13.4 Å². The van der Waals surface area contributed by atoms with Crippen LogP contribution >= 0.6 is 0 Å². The smallest absolute Gasteiger partial charge is 0.192 e. The van der Waals surface area contributed by atoms with E-state index in [-0.39, 0.29) is 5.03 Å². The van der Waals surface area contributed by atoms with E-state index in [1.165, 1.54) is 42.2 Å². The van der Waals surface area contributed by atoms with Gasteiger partial charge in [0, 0.05) is 12.5 Å². The van der Waals surface area contributed by atoms with Crippen molar-refractivity contribution < 1.29 is 13.2 Å². The molecule has 4 nitrogen and oxygen atoms in total. The third-order valence-electron chi connectivity index (χ3n) is 5.79. The fourth-order valence-corrected chi connectivity index (χ4v) is 4.74. The number of benzene rings is 1. The summed E-state index contributed by atoms with van der Waals surface area (Å²) in [5, 5.41) is 0.129. The topological polar surface area (TPSA) is 56.3 Å². The number of aromatic nitrogens is 1. The molecule has 136 valence electrons. The highest BCUT2D eigenvalue weighted by molar-refractivity contribution is 7.90. The summed E-state index contributed by atoms with van der Waals surface area (Å²) in [5.74, 6) is 0.853. The number of ether oxygens (including phenoxy) is 1. The van der Waals surface area contributed by atoms with Crippen molar-refractivity contribution in [2.24, 2.45) is 5.41 Å². The van der Waals surface area contributed by atoms with Gasteiger partial charge >= 0.3 is 0 Å². The first kappa shape index (κ1) is 17.3. The maximum absolute atomic E-state index is 11.7. The Labute approximate surface area is 154 Å². The zero-order valence-corrected chi connectivity index (χ0v) is 16.0. The van der Waals surface area contributed by atoms with Crippen molar-refractivity contribution >= 4 is 21.0 Å². The minimum absolute atomic E-state index is 0.129. The van der Waals surface area contributed by atoms with Gasteiger partial charge in [-0.1, -0.05) is 24.6 Å². The number of allylic oxidation sites excluding steroid dienone is 2. The third kappa shape index (κ3) is 3.05. The minimum Gasteiger partial charge on any atom is -0.497 e. The molecule has 1 fully saturated rings. The van der Waals surface area contributed by atoms with E-state index in [0.29, 0.717) is 5.41 Å². The quantitative estimate of drug-likeness (QED) is 0.803. The first-order valence-corrected chi connectivity index (χ1v) is 10.8. The second-order valence-corrected chi connectivity index (χ2v) is 9.51. The Morgan fingerprint density at radius 3 is 2.04 bits per heavy atom. The van der Waals surface area contributed by atoms with Crippen LogP contribution < -0.4 is 4.74 Å². The molecule has 1 heterocycles. The average molecular weight is 369 g/mol. The Hall–Kier alpha value is -2.14. The molecule has 0 aliphatic heterocycles. The highest BCUT2D eigenvalue weighted by atomic mass is 32.2. The lowest BCUT2D eigenvalue weighted by Crippen LogP contribution is -2.26. The summed E-state index contributed by atoms with van der Waals surface area (Å²) < 4.78 is 28.6. The van der Waals surface area contributed by atoms with Gasteiger partial charge in [-0.3, -0.25) is 0 Å². The van der Waals surface area contributed by atoms with Gasteiger partial charge < -0.3 is 4.74 Å². The number of pyridine rings is 1. The molecule has 2 aliphatic carbocycles. The first-order valence-electron chi connectivity index (χ1n) is 8.93. The Balaban J connectivity index is 1.75. The van der Waals surface area contributed by atoms with Crippen LogP contribution in [-0.4, -0.2) is 26.8 Å². The van der Waals surface area contributed by atoms with Gasteiger partial charge in [-0.05, 0) is 71.6 Å². The zero-order chi connectivity index (χ0) is 18.4. The Morgan fingerprint density at radius 2 is 1.58 bits per heavy atom. The van der Waals surface area contributed by atoms with Crippen molar-refractivity contribution in [1.29, 1.82) is 0 Å². The average Bonchev–Trinajstić information content (AvgIpc) is 3.03. The largest absolute Gasteiger partial charge is 0.497 e. The number of hydrogen-bond donors (Lipinski definition) is 0. The van der Waals surface area contributed by atoms with Crippen molar-refractivity contribution in [2.75, 3.05) is 13.4 Å². The molecule has 1 aromatic carbocycles. The lowest BCUT2D eigenvalue weighted by Gasteiger charge is -2.39. The number of hydrogen-bond acceptors (Lipinski definition) is 4. The molecule has 1 aromatic heterocycles. The highest BCUT2D eigenvalue weighted by Gasteiger charge is 2.43. The van der Waals surface area contributed by atoms with Crippen LogP contribution in [0.1, 0.15) is 43.2 Å². The van der Waals surface area contributed by atoms with E-state index in [4.69, 9.17) is 4.74 Å². The van der Waals surface area contributed by atoms with Crippen molar-refractivity contribution in [3.63, 3.8) is 0 Å². The molecule has 5 heteroatoms. The number of nitrogens with zero attached hydrogens (tertiary/aromatic N) is 1. The summed E-state index contributed by atoms with van der Waals surface area (Å²) >= 11 is 0. The molecular formula is C21H23NO3S. The Bertz CT molecular complexity index is 953. The molecule has 0 saturated heterocycles. The van der Waals surface area contributed by atoms with E-state index < -0.39 is 9.84 Å². The van der Waals surface area contributed by atoms with Crippen LogP contribution in [0.3, 0.4) is 0 Å². The van der Waals surface area contributed by atoms with Crippen LogP contribution in [0, 0.1) is 5.41 Å². The predicted octanol–water partition coefficient (Wildman–Crippen LogP) is 4.37. The van der Waals surface area contributed by atoms with Crippen LogP contribution in [0.5, 0.6) is 5.75 Å². The van der Waals surface area contributed by atoms with Crippen LogP contribution in [-0.2, 0) is 9.84 Å². The van der Waals surface area contributed by atoms with Gasteiger partial charge in [0.2, 0.25) is 0 Å². The predicted molar refractivity (Wildman–Crippen MR) is 103 cm³/mol. The fraction of sp³-hybridized carbons (Fsp3) is 0.381. The maximum Gasteiger partial charge on any atom is 0.192 e. The van der Waals surface area contributed by atoms with Gasteiger partial charge in [0.05, 0.1) is 7.11 Å². The summed E-state index contributed by atoms with van der Waals surface area (Å²) in [6, 6.07) is 11.7. The molecule has 0 radical (unpaired) electrons. The molecule has 1 spiro atoms. The number of methoxy groups -OCH3 is 1. The third-order valence-corrected chi connectivity index (χ3v) is 6.79. The van der Waals surface area contributed by atoms with E-state index in [1.807, 2.05) is 18.2 Å². The highest BCUT2D eigenvalue weighted by Crippen LogP contribution is 2.59. The van der Waals surface area contributed by atoms with Crippen molar-refractivity contribution in [3.8, 4) is 5.75 Å². The summed E-state index contributed by atoms with van der Waals surface area (Å²) in [6.07, 6.45) is 8.88. The van der Waals surface area contributed by atoms with Crippen molar-refractivity contribution in [3.05, 3.63) is 53.7 Å². The van der Waals surface area contributed by atoms with Gasteiger partial charge in [-0.15, -0.1) is 0 Å². The molecule has 4 rings (SSSR count). The standard InChI is InChI=1S/C21H23NO3S/c1-25-17-7-4-15(5-8-17)18-12-21(10-3-11-21)13-19(18)16-6-9-20(22-14-16)26(2,23)24/h4-9,14H,3,10-13H2,1-2H3. The summed E-state index contributed by atoms with van der Waals surface area (Å²) in [5.41, 5.74) is 5.31. The van der Waals surface area contributed by atoms with E-state index >= 15 is 0 Å². The van der Waals surface area contributed by atoms with Crippen LogP contribution in [0.2, 0.25) is 0 Å². The lowest BCUT2D eigenvalue weighted by atomic mass is 9.66. The fourth-order valence-electron chi connectivity index (χ4n) is 4.18. The van der Waals surface area contributed by atoms with E-state index in [0.717, 1.165) is 24.2 Å². The van der Waals surface area contributed by atoms with Crippen molar-refractivity contribution in [2.45, 2.75) is 37.1 Å².